The topological polar surface area (TPSA) is 41.1 Å². The molecule has 0 fully saturated rings. The highest BCUT2D eigenvalue weighted by atomic mass is 16.2. The molecule has 17 heavy (non-hydrogen) atoms. The fourth-order valence-corrected chi connectivity index (χ4v) is 1.33. The van der Waals surface area contributed by atoms with Crippen LogP contribution in [-0.4, -0.2) is 12.6 Å². The number of benzene rings is 1. The van der Waals surface area contributed by atoms with E-state index in [4.69, 9.17) is 0 Å². The van der Waals surface area contributed by atoms with Crippen molar-refractivity contribution in [3.05, 3.63) is 48.2 Å². The van der Waals surface area contributed by atoms with Gasteiger partial charge < -0.3 is 10.6 Å². The Kier molecular flexibility index (Phi) is 5.86. The van der Waals surface area contributed by atoms with E-state index in [1.807, 2.05) is 24.3 Å². The maximum atomic E-state index is 11.3. The van der Waals surface area contributed by atoms with Crippen LogP contribution in [0.15, 0.2) is 42.6 Å². The van der Waals surface area contributed by atoms with E-state index in [-0.39, 0.29) is 6.03 Å². The zero-order valence-electron chi connectivity index (χ0n) is 10.4. The molecule has 1 rings (SSSR count). The van der Waals surface area contributed by atoms with Crippen molar-refractivity contribution in [2.24, 2.45) is 5.92 Å². The van der Waals surface area contributed by atoms with Crippen molar-refractivity contribution in [2.45, 2.75) is 20.3 Å². The van der Waals surface area contributed by atoms with Gasteiger partial charge in [-0.25, -0.2) is 4.79 Å². The van der Waals surface area contributed by atoms with Gasteiger partial charge in [-0.3, -0.25) is 0 Å². The number of carbonyl (C=O) groups is 1. The molecule has 2 N–H and O–H groups in total. The van der Waals surface area contributed by atoms with Crippen molar-refractivity contribution in [2.75, 3.05) is 6.54 Å². The van der Waals surface area contributed by atoms with Crippen LogP contribution in [0.3, 0.4) is 0 Å². The summed E-state index contributed by atoms with van der Waals surface area (Å²) >= 11 is 0. The second-order valence-corrected chi connectivity index (χ2v) is 4.24. The summed E-state index contributed by atoms with van der Waals surface area (Å²) in [5.41, 5.74) is 1.23. The van der Waals surface area contributed by atoms with Crippen LogP contribution in [0.5, 0.6) is 0 Å². The van der Waals surface area contributed by atoms with Gasteiger partial charge in [0.15, 0.2) is 0 Å². The van der Waals surface area contributed by atoms with E-state index in [2.05, 4.69) is 36.6 Å². The average molecular weight is 232 g/mol. The molecule has 3 nitrogen and oxygen atoms in total. The Balaban J connectivity index is 2.16. The molecule has 2 amide bonds. The zero-order chi connectivity index (χ0) is 12.5. The standard InChI is InChI=1S/C14H20N2O/c1-12(2)8-10-15-14(17)16-11-9-13-6-4-3-5-7-13/h3-8,10,12H,9,11H2,1-2H3,(H2,15,16,17)/b10-8+. The average Bonchev–Trinajstić information content (AvgIpc) is 2.30. The number of allylic oxidation sites excluding steroid dienone is 1. The number of hydrogen-bond acceptors (Lipinski definition) is 1. The monoisotopic (exact) mass is 232 g/mol. The largest absolute Gasteiger partial charge is 0.338 e. The summed E-state index contributed by atoms with van der Waals surface area (Å²) in [4.78, 5) is 11.3. The SMILES string of the molecule is CC(C)/C=C/NC(=O)NCCc1ccccc1. The first-order chi connectivity index (χ1) is 8.18. The van der Waals surface area contributed by atoms with Crippen LogP contribution in [0.25, 0.3) is 0 Å². The molecule has 92 valence electrons. The number of nitrogens with one attached hydrogen (secondary N) is 2. The zero-order valence-corrected chi connectivity index (χ0v) is 10.4. The van der Waals surface area contributed by atoms with Crippen LogP contribution < -0.4 is 10.6 Å². The lowest BCUT2D eigenvalue weighted by molar-refractivity contribution is 0.244. The van der Waals surface area contributed by atoms with Crippen LogP contribution >= 0.6 is 0 Å². The molecule has 0 aliphatic carbocycles. The summed E-state index contributed by atoms with van der Waals surface area (Å²) in [5.74, 6) is 0.444. The van der Waals surface area contributed by atoms with Crippen LogP contribution in [0, 0.1) is 5.92 Å². The molecule has 0 aliphatic heterocycles. The number of carbonyl (C=O) groups excluding carboxylic acids is 1. The minimum absolute atomic E-state index is 0.155. The third kappa shape index (κ3) is 6.40. The van der Waals surface area contributed by atoms with Crippen molar-refractivity contribution in [1.82, 2.24) is 10.6 Å². The van der Waals surface area contributed by atoms with Crippen molar-refractivity contribution < 1.29 is 4.79 Å². The molecule has 0 unspecified atom stereocenters. The summed E-state index contributed by atoms with van der Waals surface area (Å²) in [6.45, 7) is 4.77. The van der Waals surface area contributed by atoms with Crippen molar-refractivity contribution in [1.29, 1.82) is 0 Å². The molecule has 0 saturated heterocycles. The van der Waals surface area contributed by atoms with E-state index >= 15 is 0 Å². The fourth-order valence-electron chi connectivity index (χ4n) is 1.33. The van der Waals surface area contributed by atoms with Gasteiger partial charge in [0, 0.05) is 12.7 Å². The lowest BCUT2D eigenvalue weighted by Crippen LogP contribution is -2.33. The second kappa shape index (κ2) is 7.49. The van der Waals surface area contributed by atoms with E-state index in [0.717, 1.165) is 6.42 Å². The van der Waals surface area contributed by atoms with Gasteiger partial charge in [0.1, 0.15) is 0 Å². The van der Waals surface area contributed by atoms with E-state index in [1.165, 1.54) is 5.56 Å². The highest BCUT2D eigenvalue weighted by molar-refractivity contribution is 5.74. The molecular formula is C14H20N2O. The van der Waals surface area contributed by atoms with Crippen LogP contribution in [0.2, 0.25) is 0 Å². The molecule has 0 atom stereocenters. The summed E-state index contributed by atoms with van der Waals surface area (Å²) in [6, 6.07) is 9.94. The number of amides is 2. The van der Waals surface area contributed by atoms with E-state index in [9.17, 15) is 4.79 Å². The van der Waals surface area contributed by atoms with Gasteiger partial charge in [-0.15, -0.1) is 0 Å². The maximum Gasteiger partial charge on any atom is 0.318 e. The van der Waals surface area contributed by atoms with Gasteiger partial charge in [-0.1, -0.05) is 50.3 Å². The van der Waals surface area contributed by atoms with Gasteiger partial charge in [-0.05, 0) is 17.9 Å². The number of urea groups is 1. The summed E-state index contributed by atoms with van der Waals surface area (Å²) in [7, 11) is 0. The molecule has 0 radical (unpaired) electrons. The third-order valence-electron chi connectivity index (χ3n) is 2.24. The Bertz CT molecular complexity index is 358. The first kappa shape index (κ1) is 13.3. The third-order valence-corrected chi connectivity index (χ3v) is 2.24. The summed E-state index contributed by atoms with van der Waals surface area (Å²) in [5, 5.41) is 5.47. The number of rotatable bonds is 5. The minimum Gasteiger partial charge on any atom is -0.338 e. The molecule has 3 heteroatoms. The van der Waals surface area contributed by atoms with Gasteiger partial charge >= 0.3 is 6.03 Å². The van der Waals surface area contributed by atoms with Crippen molar-refractivity contribution in [3.63, 3.8) is 0 Å². The predicted octanol–water partition coefficient (Wildman–Crippen LogP) is 2.70. The lowest BCUT2D eigenvalue weighted by Gasteiger charge is -2.04. The van der Waals surface area contributed by atoms with Crippen LogP contribution in [0.4, 0.5) is 4.79 Å². The Morgan fingerprint density at radius 2 is 2.00 bits per heavy atom. The second-order valence-electron chi connectivity index (χ2n) is 4.24. The van der Waals surface area contributed by atoms with Crippen LogP contribution in [0.1, 0.15) is 19.4 Å². The molecule has 0 bridgehead atoms. The first-order valence-electron chi connectivity index (χ1n) is 5.93. The van der Waals surface area contributed by atoms with Crippen molar-refractivity contribution >= 4 is 6.03 Å². The van der Waals surface area contributed by atoms with E-state index < -0.39 is 0 Å². The van der Waals surface area contributed by atoms with Gasteiger partial charge in [0.05, 0.1) is 0 Å². The van der Waals surface area contributed by atoms with Crippen LogP contribution in [-0.2, 0) is 6.42 Å². The number of hydrogen-bond donors (Lipinski definition) is 2. The quantitative estimate of drug-likeness (QED) is 0.805. The Hall–Kier alpha value is -1.77. The summed E-state index contributed by atoms with van der Waals surface area (Å²) < 4.78 is 0. The Morgan fingerprint density at radius 3 is 2.65 bits per heavy atom. The normalized spacial score (nSPS) is 10.8. The lowest BCUT2D eigenvalue weighted by atomic mass is 10.1. The first-order valence-corrected chi connectivity index (χ1v) is 5.93. The van der Waals surface area contributed by atoms with Gasteiger partial charge in [-0.2, -0.15) is 0 Å². The Morgan fingerprint density at radius 1 is 1.29 bits per heavy atom. The maximum absolute atomic E-state index is 11.3. The highest BCUT2D eigenvalue weighted by Gasteiger charge is 1.96. The van der Waals surface area contributed by atoms with E-state index in [1.54, 1.807) is 6.20 Å². The van der Waals surface area contributed by atoms with Gasteiger partial charge in [0.25, 0.3) is 0 Å². The molecular weight excluding hydrogens is 212 g/mol. The van der Waals surface area contributed by atoms with Gasteiger partial charge in [0.2, 0.25) is 0 Å². The molecule has 0 aromatic heterocycles. The Labute approximate surface area is 103 Å². The fraction of sp³-hybridized carbons (Fsp3) is 0.357. The highest BCUT2D eigenvalue weighted by Crippen LogP contribution is 1.97. The molecule has 0 saturated carbocycles. The molecule has 0 heterocycles. The minimum atomic E-state index is -0.155. The predicted molar refractivity (Wildman–Crippen MR) is 70.7 cm³/mol. The molecule has 1 aromatic carbocycles. The molecule has 0 spiro atoms. The van der Waals surface area contributed by atoms with Crippen molar-refractivity contribution in [3.8, 4) is 0 Å². The smallest absolute Gasteiger partial charge is 0.318 e. The molecule has 0 aliphatic rings. The van der Waals surface area contributed by atoms with E-state index in [0.29, 0.717) is 12.5 Å². The summed E-state index contributed by atoms with van der Waals surface area (Å²) in [6.07, 6.45) is 4.47. The molecule has 1 aromatic rings.